The summed E-state index contributed by atoms with van der Waals surface area (Å²) in [5, 5.41) is 0. The van der Waals surface area contributed by atoms with E-state index in [1.165, 1.54) is 32.8 Å². The van der Waals surface area contributed by atoms with Crippen LogP contribution in [-0.4, -0.2) is 43.7 Å². The molecule has 0 aromatic rings. The van der Waals surface area contributed by atoms with Crippen LogP contribution in [0.3, 0.4) is 0 Å². The minimum Gasteiger partial charge on any atom is -0.469 e. The van der Waals surface area contributed by atoms with Gasteiger partial charge in [-0.15, -0.1) is 0 Å². The van der Waals surface area contributed by atoms with E-state index in [9.17, 15) is 4.79 Å². The molecule has 0 aromatic heterocycles. The van der Waals surface area contributed by atoms with E-state index < -0.39 is 0 Å². The van der Waals surface area contributed by atoms with Crippen LogP contribution in [0.25, 0.3) is 0 Å². The molecule has 0 spiro atoms. The fourth-order valence-electron chi connectivity index (χ4n) is 3.28. The van der Waals surface area contributed by atoms with Gasteiger partial charge in [-0.25, -0.2) is 0 Å². The Morgan fingerprint density at radius 1 is 1.37 bits per heavy atom. The zero-order valence-corrected chi connectivity index (χ0v) is 12.7. The second-order valence-corrected chi connectivity index (χ2v) is 5.61. The SMILES string of the molecule is CCC1CCC(CN)C(N(CC)CCC(=O)OC)C1. The molecule has 1 aliphatic carbocycles. The Labute approximate surface area is 117 Å². The van der Waals surface area contributed by atoms with Gasteiger partial charge in [0.25, 0.3) is 0 Å². The Hall–Kier alpha value is -0.610. The molecule has 1 rings (SSSR count). The highest BCUT2D eigenvalue weighted by Crippen LogP contribution is 2.33. The maximum absolute atomic E-state index is 11.3. The molecule has 112 valence electrons. The van der Waals surface area contributed by atoms with Crippen LogP contribution in [0.5, 0.6) is 0 Å². The zero-order valence-electron chi connectivity index (χ0n) is 12.7. The third-order valence-electron chi connectivity index (χ3n) is 4.65. The van der Waals surface area contributed by atoms with E-state index in [1.54, 1.807) is 0 Å². The predicted octanol–water partition coefficient (Wildman–Crippen LogP) is 2.02. The van der Waals surface area contributed by atoms with Crippen molar-refractivity contribution in [1.82, 2.24) is 4.90 Å². The first-order valence-corrected chi connectivity index (χ1v) is 7.67. The molecule has 0 heterocycles. The van der Waals surface area contributed by atoms with Crippen LogP contribution in [0, 0.1) is 11.8 Å². The Morgan fingerprint density at radius 3 is 2.63 bits per heavy atom. The van der Waals surface area contributed by atoms with Crippen LogP contribution in [0.1, 0.15) is 46.0 Å². The molecule has 0 radical (unpaired) electrons. The number of carbonyl (C=O) groups is 1. The van der Waals surface area contributed by atoms with Gasteiger partial charge in [0, 0.05) is 12.6 Å². The fourth-order valence-corrected chi connectivity index (χ4v) is 3.28. The van der Waals surface area contributed by atoms with Crippen LogP contribution in [0.2, 0.25) is 0 Å². The summed E-state index contributed by atoms with van der Waals surface area (Å²) in [7, 11) is 1.45. The number of rotatable bonds is 7. The molecule has 0 saturated heterocycles. The van der Waals surface area contributed by atoms with Gasteiger partial charge in [0.15, 0.2) is 0 Å². The van der Waals surface area contributed by atoms with Crippen LogP contribution < -0.4 is 5.73 Å². The zero-order chi connectivity index (χ0) is 14.3. The first kappa shape index (κ1) is 16.4. The van der Waals surface area contributed by atoms with Gasteiger partial charge in [-0.3, -0.25) is 9.69 Å². The van der Waals surface area contributed by atoms with Gasteiger partial charge in [-0.1, -0.05) is 26.7 Å². The van der Waals surface area contributed by atoms with Gasteiger partial charge < -0.3 is 10.5 Å². The van der Waals surface area contributed by atoms with E-state index in [0.717, 1.165) is 25.6 Å². The summed E-state index contributed by atoms with van der Waals surface area (Å²) < 4.78 is 4.74. The summed E-state index contributed by atoms with van der Waals surface area (Å²) in [4.78, 5) is 13.7. The fraction of sp³-hybridized carbons (Fsp3) is 0.933. The number of ether oxygens (including phenoxy) is 1. The van der Waals surface area contributed by atoms with Crippen molar-refractivity contribution >= 4 is 5.97 Å². The number of nitrogens with two attached hydrogens (primary N) is 1. The molecule has 4 nitrogen and oxygen atoms in total. The minimum atomic E-state index is -0.120. The van der Waals surface area contributed by atoms with Gasteiger partial charge in [0.1, 0.15) is 0 Å². The Balaban J connectivity index is 2.60. The van der Waals surface area contributed by atoms with Crippen molar-refractivity contribution in [2.75, 3.05) is 26.7 Å². The largest absolute Gasteiger partial charge is 0.469 e. The summed E-state index contributed by atoms with van der Waals surface area (Å²) in [5.41, 5.74) is 5.94. The minimum absolute atomic E-state index is 0.120. The van der Waals surface area contributed by atoms with E-state index in [2.05, 4.69) is 18.7 Å². The smallest absolute Gasteiger partial charge is 0.306 e. The number of nitrogens with zero attached hydrogens (tertiary/aromatic N) is 1. The van der Waals surface area contributed by atoms with Crippen LogP contribution >= 0.6 is 0 Å². The molecule has 3 atom stereocenters. The highest BCUT2D eigenvalue weighted by atomic mass is 16.5. The van der Waals surface area contributed by atoms with Crippen LogP contribution in [0.4, 0.5) is 0 Å². The Bertz CT molecular complexity index is 271. The average molecular weight is 270 g/mol. The molecule has 1 aliphatic rings. The highest BCUT2D eigenvalue weighted by molar-refractivity contribution is 5.69. The third-order valence-corrected chi connectivity index (χ3v) is 4.65. The standard InChI is InChI=1S/C15H30N2O2/c1-4-12-6-7-13(11-16)14(10-12)17(5-2)9-8-15(18)19-3/h12-14H,4-11,16H2,1-3H3. The number of esters is 1. The van der Waals surface area contributed by atoms with E-state index in [4.69, 9.17) is 10.5 Å². The van der Waals surface area contributed by atoms with Gasteiger partial charge in [-0.05, 0) is 37.8 Å². The number of carbonyl (C=O) groups excluding carboxylic acids is 1. The van der Waals surface area contributed by atoms with Crippen molar-refractivity contribution < 1.29 is 9.53 Å². The van der Waals surface area contributed by atoms with Gasteiger partial charge in [0.05, 0.1) is 13.5 Å². The van der Waals surface area contributed by atoms with E-state index in [-0.39, 0.29) is 5.97 Å². The monoisotopic (exact) mass is 270 g/mol. The lowest BCUT2D eigenvalue weighted by Crippen LogP contribution is -2.47. The molecule has 3 unspecified atom stereocenters. The first-order valence-electron chi connectivity index (χ1n) is 7.67. The van der Waals surface area contributed by atoms with E-state index in [0.29, 0.717) is 18.4 Å². The van der Waals surface area contributed by atoms with Gasteiger partial charge in [0.2, 0.25) is 0 Å². The lowest BCUT2D eigenvalue weighted by molar-refractivity contribution is -0.141. The molecule has 0 bridgehead atoms. The number of hydrogen-bond donors (Lipinski definition) is 1. The quantitative estimate of drug-likeness (QED) is 0.719. The summed E-state index contributed by atoms with van der Waals surface area (Å²) in [5.74, 6) is 1.28. The lowest BCUT2D eigenvalue weighted by atomic mass is 9.76. The van der Waals surface area contributed by atoms with Crippen molar-refractivity contribution in [3.8, 4) is 0 Å². The Morgan fingerprint density at radius 2 is 2.11 bits per heavy atom. The third kappa shape index (κ3) is 4.77. The molecule has 4 heteroatoms. The summed E-state index contributed by atoms with van der Waals surface area (Å²) in [6.45, 7) is 6.97. The van der Waals surface area contributed by atoms with Crippen molar-refractivity contribution in [3.05, 3.63) is 0 Å². The lowest BCUT2D eigenvalue weighted by Gasteiger charge is -2.42. The maximum Gasteiger partial charge on any atom is 0.306 e. The average Bonchev–Trinajstić information content (AvgIpc) is 2.47. The van der Waals surface area contributed by atoms with E-state index in [1.807, 2.05) is 0 Å². The second kappa shape index (κ2) is 8.54. The van der Waals surface area contributed by atoms with Crippen LogP contribution in [0.15, 0.2) is 0 Å². The van der Waals surface area contributed by atoms with Crippen molar-refractivity contribution in [1.29, 1.82) is 0 Å². The highest BCUT2D eigenvalue weighted by Gasteiger charge is 2.32. The normalized spacial score (nSPS) is 27.5. The summed E-state index contributed by atoms with van der Waals surface area (Å²) in [6, 6.07) is 0.540. The first-order chi connectivity index (χ1) is 9.15. The maximum atomic E-state index is 11.3. The topological polar surface area (TPSA) is 55.6 Å². The molecule has 1 saturated carbocycles. The summed E-state index contributed by atoms with van der Waals surface area (Å²) in [6.07, 6.45) is 5.50. The molecule has 0 aromatic carbocycles. The number of methoxy groups -OCH3 is 1. The van der Waals surface area contributed by atoms with Crippen molar-refractivity contribution in [2.45, 2.75) is 52.0 Å². The number of hydrogen-bond acceptors (Lipinski definition) is 4. The van der Waals surface area contributed by atoms with Gasteiger partial charge in [-0.2, -0.15) is 0 Å². The molecule has 0 aliphatic heterocycles. The molecular weight excluding hydrogens is 240 g/mol. The molecule has 2 N–H and O–H groups in total. The molecule has 0 amide bonds. The second-order valence-electron chi connectivity index (χ2n) is 5.61. The van der Waals surface area contributed by atoms with Crippen LogP contribution in [-0.2, 0) is 9.53 Å². The van der Waals surface area contributed by atoms with Gasteiger partial charge >= 0.3 is 5.97 Å². The Kier molecular flexibility index (Phi) is 7.39. The molecular formula is C15H30N2O2. The molecule has 19 heavy (non-hydrogen) atoms. The van der Waals surface area contributed by atoms with E-state index >= 15 is 0 Å². The summed E-state index contributed by atoms with van der Waals surface area (Å²) >= 11 is 0. The van der Waals surface area contributed by atoms with Crippen molar-refractivity contribution in [3.63, 3.8) is 0 Å². The predicted molar refractivity (Wildman–Crippen MR) is 77.8 cm³/mol. The molecule has 1 fully saturated rings. The van der Waals surface area contributed by atoms with Crippen molar-refractivity contribution in [2.24, 2.45) is 17.6 Å².